The average Bonchev–Trinajstić information content (AvgIpc) is 3.33. The Kier molecular flexibility index (Phi) is 6.17. The second-order valence-electron chi connectivity index (χ2n) is 8.75. The van der Waals surface area contributed by atoms with E-state index in [-0.39, 0.29) is 12.3 Å². The Morgan fingerprint density at radius 1 is 1.12 bits per heavy atom. The molecule has 4 rings (SSSR count). The van der Waals surface area contributed by atoms with Crippen LogP contribution < -0.4 is 10.2 Å². The minimum atomic E-state index is -0.985. The third-order valence-corrected chi connectivity index (χ3v) is 7.09. The fourth-order valence-electron chi connectivity index (χ4n) is 4.37. The van der Waals surface area contributed by atoms with Crippen LogP contribution in [0.4, 0.5) is 10.8 Å². The maximum Gasteiger partial charge on any atom is 0.304 e. The molecule has 3 aromatic rings. The summed E-state index contributed by atoms with van der Waals surface area (Å²) in [5, 5.41) is 13.5. The van der Waals surface area contributed by atoms with Crippen molar-refractivity contribution in [2.75, 3.05) is 44.4 Å². The van der Waals surface area contributed by atoms with Gasteiger partial charge in [0.2, 0.25) is 5.91 Å². The number of anilines is 2. The van der Waals surface area contributed by atoms with Crippen molar-refractivity contribution in [2.24, 2.45) is 5.41 Å². The van der Waals surface area contributed by atoms with Gasteiger partial charge in [0, 0.05) is 25.8 Å². The van der Waals surface area contributed by atoms with Gasteiger partial charge in [-0.25, -0.2) is 4.98 Å². The topological polar surface area (TPSA) is 85.8 Å². The van der Waals surface area contributed by atoms with Crippen molar-refractivity contribution in [3.05, 3.63) is 53.6 Å². The standard InChI is InChI=1S/C24H28N4O3S/c1-27(2)11-10-25-18-8-9-20-19(12-18)26-23(32-20)28(3)22(31)24(15-21(29)30)13-16-6-4-5-7-17(16)14-24/h4-9,12,25H,10-11,13-15H2,1-3H3,(H,29,30). The van der Waals surface area contributed by atoms with E-state index < -0.39 is 11.4 Å². The Morgan fingerprint density at radius 3 is 2.44 bits per heavy atom. The zero-order chi connectivity index (χ0) is 22.9. The molecule has 168 valence electrons. The molecule has 1 aromatic heterocycles. The Labute approximate surface area is 191 Å². The van der Waals surface area contributed by atoms with Crippen LogP contribution in [0.3, 0.4) is 0 Å². The van der Waals surface area contributed by atoms with Gasteiger partial charge in [-0.1, -0.05) is 35.6 Å². The Balaban J connectivity index is 1.57. The van der Waals surface area contributed by atoms with Crippen LogP contribution in [0.1, 0.15) is 17.5 Å². The van der Waals surface area contributed by atoms with Gasteiger partial charge in [-0.15, -0.1) is 0 Å². The predicted molar refractivity (Wildman–Crippen MR) is 129 cm³/mol. The van der Waals surface area contributed by atoms with E-state index >= 15 is 0 Å². The van der Waals surface area contributed by atoms with Crippen molar-refractivity contribution in [2.45, 2.75) is 19.3 Å². The van der Waals surface area contributed by atoms with Gasteiger partial charge in [0.25, 0.3) is 0 Å². The lowest BCUT2D eigenvalue weighted by atomic mass is 9.80. The van der Waals surface area contributed by atoms with Crippen LogP contribution in [0.5, 0.6) is 0 Å². The summed E-state index contributed by atoms with van der Waals surface area (Å²) in [6.45, 7) is 1.75. The molecule has 32 heavy (non-hydrogen) atoms. The first kappa shape index (κ1) is 22.2. The molecule has 1 heterocycles. The minimum Gasteiger partial charge on any atom is -0.481 e. The molecular weight excluding hydrogens is 424 g/mol. The van der Waals surface area contributed by atoms with Gasteiger partial charge in [-0.05, 0) is 56.3 Å². The van der Waals surface area contributed by atoms with Crippen molar-refractivity contribution in [3.8, 4) is 0 Å². The summed E-state index contributed by atoms with van der Waals surface area (Å²) < 4.78 is 0.986. The number of hydrogen-bond acceptors (Lipinski definition) is 6. The van der Waals surface area contributed by atoms with E-state index in [9.17, 15) is 14.7 Å². The van der Waals surface area contributed by atoms with Crippen LogP contribution in [-0.2, 0) is 22.4 Å². The monoisotopic (exact) mass is 452 g/mol. The summed E-state index contributed by atoms with van der Waals surface area (Å²) in [4.78, 5) is 33.7. The molecule has 2 aromatic carbocycles. The number of nitrogens with zero attached hydrogens (tertiary/aromatic N) is 3. The summed E-state index contributed by atoms with van der Waals surface area (Å²) in [5.74, 6) is -1.16. The smallest absolute Gasteiger partial charge is 0.304 e. The fraction of sp³-hybridized carbons (Fsp3) is 0.375. The molecule has 1 aliphatic carbocycles. The maximum atomic E-state index is 13.6. The highest BCUT2D eigenvalue weighted by atomic mass is 32.1. The molecule has 1 aliphatic rings. The van der Waals surface area contributed by atoms with E-state index in [1.165, 1.54) is 11.3 Å². The highest BCUT2D eigenvalue weighted by Crippen LogP contribution is 2.42. The van der Waals surface area contributed by atoms with Crippen LogP contribution in [0.25, 0.3) is 10.2 Å². The van der Waals surface area contributed by atoms with E-state index in [2.05, 4.69) is 10.2 Å². The molecule has 0 saturated carbocycles. The SMILES string of the molecule is CN(C)CCNc1ccc2sc(N(C)C(=O)C3(CC(=O)O)Cc4ccccc4C3)nc2c1. The number of carboxylic acid groups (broad SMARTS) is 1. The quantitative estimate of drug-likeness (QED) is 0.544. The molecule has 0 saturated heterocycles. The first-order valence-electron chi connectivity index (χ1n) is 10.6. The van der Waals surface area contributed by atoms with Gasteiger partial charge in [-0.3, -0.25) is 14.5 Å². The molecule has 2 N–H and O–H groups in total. The van der Waals surface area contributed by atoms with Gasteiger partial charge >= 0.3 is 5.97 Å². The molecule has 0 unspecified atom stereocenters. The summed E-state index contributed by atoms with van der Waals surface area (Å²) in [5.41, 5.74) is 2.92. The van der Waals surface area contributed by atoms with Crippen molar-refractivity contribution in [1.82, 2.24) is 9.88 Å². The lowest BCUT2D eigenvalue weighted by Crippen LogP contribution is -2.44. The Morgan fingerprint density at radius 2 is 1.81 bits per heavy atom. The lowest BCUT2D eigenvalue weighted by molar-refractivity contribution is -0.144. The number of carbonyl (C=O) groups excluding carboxylic acids is 1. The molecular formula is C24H28N4O3S. The number of likely N-dealkylation sites (N-methyl/N-ethyl adjacent to an activating group) is 1. The molecule has 8 heteroatoms. The number of carboxylic acids is 1. The normalized spacial score (nSPS) is 14.5. The number of fused-ring (bicyclic) bond motifs is 2. The molecule has 0 radical (unpaired) electrons. The second-order valence-corrected chi connectivity index (χ2v) is 9.76. The van der Waals surface area contributed by atoms with E-state index in [4.69, 9.17) is 4.98 Å². The lowest BCUT2D eigenvalue weighted by Gasteiger charge is -2.30. The number of aromatic nitrogens is 1. The molecule has 1 amide bonds. The van der Waals surface area contributed by atoms with Gasteiger partial charge in [-0.2, -0.15) is 0 Å². The number of aliphatic carboxylic acids is 1. The van der Waals surface area contributed by atoms with E-state index in [0.29, 0.717) is 18.0 Å². The largest absolute Gasteiger partial charge is 0.481 e. The van der Waals surface area contributed by atoms with E-state index in [1.54, 1.807) is 11.9 Å². The first-order chi connectivity index (χ1) is 15.3. The molecule has 0 fully saturated rings. The third kappa shape index (κ3) is 4.47. The van der Waals surface area contributed by atoms with Crippen LogP contribution in [0, 0.1) is 5.41 Å². The molecule has 0 aliphatic heterocycles. The predicted octanol–water partition coefficient (Wildman–Crippen LogP) is 3.49. The van der Waals surface area contributed by atoms with Gasteiger partial charge < -0.3 is 15.3 Å². The number of nitrogens with one attached hydrogen (secondary N) is 1. The van der Waals surface area contributed by atoms with E-state index in [1.807, 2.05) is 56.6 Å². The molecule has 0 bridgehead atoms. The van der Waals surface area contributed by atoms with E-state index in [0.717, 1.165) is 40.1 Å². The number of carbonyl (C=O) groups is 2. The van der Waals surface area contributed by atoms with Crippen LogP contribution in [0.2, 0.25) is 0 Å². The van der Waals surface area contributed by atoms with Crippen LogP contribution in [-0.4, -0.2) is 61.1 Å². The van der Waals surface area contributed by atoms with Crippen LogP contribution >= 0.6 is 11.3 Å². The highest BCUT2D eigenvalue weighted by Gasteiger charge is 2.47. The minimum absolute atomic E-state index is 0.195. The summed E-state index contributed by atoms with van der Waals surface area (Å²) >= 11 is 1.44. The summed E-state index contributed by atoms with van der Waals surface area (Å²) in [6.07, 6.45) is 0.669. The van der Waals surface area contributed by atoms with Gasteiger partial charge in [0.05, 0.1) is 22.1 Å². The molecule has 0 atom stereocenters. The number of hydrogen-bond donors (Lipinski definition) is 2. The summed E-state index contributed by atoms with van der Waals surface area (Å²) in [7, 11) is 5.76. The molecule has 7 nitrogen and oxygen atoms in total. The average molecular weight is 453 g/mol. The van der Waals surface area contributed by atoms with Crippen LogP contribution in [0.15, 0.2) is 42.5 Å². The third-order valence-electron chi connectivity index (χ3n) is 5.98. The fourth-order valence-corrected chi connectivity index (χ4v) is 5.28. The maximum absolute atomic E-state index is 13.6. The number of rotatable bonds is 8. The van der Waals surface area contributed by atoms with Crippen molar-refractivity contribution >= 4 is 44.2 Å². The van der Waals surface area contributed by atoms with Crippen molar-refractivity contribution in [1.29, 1.82) is 0 Å². The second kappa shape index (κ2) is 8.88. The first-order valence-corrected chi connectivity index (χ1v) is 11.4. The van der Waals surface area contributed by atoms with Gasteiger partial charge in [0.1, 0.15) is 0 Å². The highest BCUT2D eigenvalue weighted by molar-refractivity contribution is 7.22. The van der Waals surface area contributed by atoms with Crippen molar-refractivity contribution < 1.29 is 14.7 Å². The molecule has 0 spiro atoms. The number of benzene rings is 2. The Hall–Kier alpha value is -2.97. The number of thiazole rings is 1. The zero-order valence-corrected chi connectivity index (χ0v) is 19.4. The van der Waals surface area contributed by atoms with Gasteiger partial charge in [0.15, 0.2) is 5.13 Å². The van der Waals surface area contributed by atoms with Crippen molar-refractivity contribution in [3.63, 3.8) is 0 Å². The Bertz CT molecular complexity index is 1130. The summed E-state index contributed by atoms with van der Waals surface area (Å²) in [6, 6.07) is 13.8. The number of amides is 1. The zero-order valence-electron chi connectivity index (χ0n) is 18.6.